The second-order valence-corrected chi connectivity index (χ2v) is 8.06. The van der Waals surface area contributed by atoms with Gasteiger partial charge in [0.2, 0.25) is 5.91 Å². The predicted octanol–water partition coefficient (Wildman–Crippen LogP) is 4.60. The third kappa shape index (κ3) is 5.71. The van der Waals surface area contributed by atoms with Crippen molar-refractivity contribution >= 4 is 5.91 Å². The van der Waals surface area contributed by atoms with Crippen molar-refractivity contribution in [3.05, 3.63) is 29.3 Å². The van der Waals surface area contributed by atoms with Gasteiger partial charge in [-0.15, -0.1) is 0 Å². The average Bonchev–Trinajstić information content (AvgIpc) is 3.04. The zero-order valence-electron chi connectivity index (χ0n) is 17.2. The van der Waals surface area contributed by atoms with E-state index in [0.717, 1.165) is 43.7 Å². The summed E-state index contributed by atoms with van der Waals surface area (Å²) in [5, 5.41) is 9.07. The van der Waals surface area contributed by atoms with Gasteiger partial charge in [0, 0.05) is 31.6 Å². The number of likely N-dealkylation sites (tertiary alicyclic amines) is 1. The van der Waals surface area contributed by atoms with Gasteiger partial charge in [-0.3, -0.25) is 4.79 Å². The third-order valence-corrected chi connectivity index (χ3v) is 4.71. The van der Waals surface area contributed by atoms with Crippen molar-refractivity contribution in [2.75, 3.05) is 13.2 Å². The number of nitriles is 1. The Morgan fingerprint density at radius 1 is 1.41 bits per heavy atom. The van der Waals surface area contributed by atoms with Gasteiger partial charge in [-0.1, -0.05) is 6.92 Å². The van der Waals surface area contributed by atoms with E-state index in [1.165, 1.54) is 0 Å². The fourth-order valence-corrected chi connectivity index (χ4v) is 3.52. The largest absolute Gasteiger partial charge is 0.487 e. The number of carbonyl (C=O) groups is 1. The van der Waals surface area contributed by atoms with Crippen LogP contribution in [0, 0.1) is 11.3 Å². The first-order valence-electron chi connectivity index (χ1n) is 9.91. The second kappa shape index (κ2) is 9.23. The van der Waals surface area contributed by atoms with Crippen molar-refractivity contribution < 1.29 is 14.3 Å². The minimum absolute atomic E-state index is 0.0250. The molecule has 0 radical (unpaired) electrons. The number of carbonyl (C=O) groups excluding carboxylic acids is 1. The zero-order chi connectivity index (χ0) is 20.0. The number of nitrogens with zero attached hydrogens (tertiary/aromatic N) is 2. The highest BCUT2D eigenvalue weighted by Crippen LogP contribution is 2.44. The van der Waals surface area contributed by atoms with E-state index in [2.05, 4.69) is 26.8 Å². The molecule has 1 saturated heterocycles. The van der Waals surface area contributed by atoms with Crippen LogP contribution in [0.5, 0.6) is 5.75 Å². The van der Waals surface area contributed by atoms with E-state index < -0.39 is 0 Å². The first kappa shape index (κ1) is 21.2. The van der Waals surface area contributed by atoms with Crippen LogP contribution in [0.1, 0.15) is 77.5 Å². The average molecular weight is 373 g/mol. The molecular weight excluding hydrogens is 340 g/mol. The number of rotatable bonds is 4. The summed E-state index contributed by atoms with van der Waals surface area (Å²) in [6, 6.07) is 7.66. The highest BCUT2D eigenvalue weighted by atomic mass is 16.5. The summed E-state index contributed by atoms with van der Waals surface area (Å²) in [7, 11) is 0. The zero-order valence-corrected chi connectivity index (χ0v) is 17.2. The lowest BCUT2D eigenvalue weighted by molar-refractivity contribution is -0.131. The lowest BCUT2D eigenvalue weighted by Crippen LogP contribution is -2.42. The SMILES string of the molecule is CC1(C)CC(N2CCCC2=O)c2cc(C#N)ccc2O1.CCCOC(C)C. The Balaban J connectivity index is 0.000000321. The van der Waals surface area contributed by atoms with Crippen molar-refractivity contribution in [3.8, 4) is 11.8 Å². The van der Waals surface area contributed by atoms with Crippen molar-refractivity contribution in [1.82, 2.24) is 4.90 Å². The molecule has 1 aromatic carbocycles. The summed E-state index contributed by atoms with van der Waals surface area (Å²) in [6.07, 6.45) is 3.84. The molecule has 0 aliphatic carbocycles. The molecule has 0 N–H and O–H groups in total. The van der Waals surface area contributed by atoms with E-state index in [4.69, 9.17) is 14.7 Å². The standard InChI is InChI=1S/C16H18N2O2.C6H14O/c1-16(2)9-13(18-7-3-4-15(18)19)12-8-11(10-17)5-6-14(12)20-16;1-4-5-7-6(2)3/h5-6,8,13H,3-4,7,9H2,1-2H3;6H,4-5H2,1-3H3. The summed E-state index contributed by atoms with van der Waals surface area (Å²) in [6.45, 7) is 12.0. The van der Waals surface area contributed by atoms with E-state index in [1.807, 2.05) is 30.9 Å². The van der Waals surface area contributed by atoms with Gasteiger partial charge < -0.3 is 14.4 Å². The van der Waals surface area contributed by atoms with Gasteiger partial charge in [0.1, 0.15) is 11.4 Å². The lowest BCUT2D eigenvalue weighted by Gasteiger charge is -2.41. The van der Waals surface area contributed by atoms with Crippen LogP contribution in [0.3, 0.4) is 0 Å². The van der Waals surface area contributed by atoms with Crippen molar-refractivity contribution in [1.29, 1.82) is 5.26 Å². The summed E-state index contributed by atoms with van der Waals surface area (Å²) in [5.41, 5.74) is 1.29. The normalized spacial score (nSPS) is 20.4. The van der Waals surface area contributed by atoms with Crippen molar-refractivity contribution in [2.24, 2.45) is 0 Å². The lowest BCUT2D eigenvalue weighted by atomic mass is 9.88. The van der Waals surface area contributed by atoms with Gasteiger partial charge in [0.05, 0.1) is 23.8 Å². The van der Waals surface area contributed by atoms with Crippen LogP contribution < -0.4 is 4.74 Å². The minimum Gasteiger partial charge on any atom is -0.487 e. The Morgan fingerprint density at radius 2 is 2.15 bits per heavy atom. The van der Waals surface area contributed by atoms with Crippen LogP contribution in [0.15, 0.2) is 18.2 Å². The van der Waals surface area contributed by atoms with Crippen molar-refractivity contribution in [3.63, 3.8) is 0 Å². The molecule has 5 heteroatoms. The molecule has 1 atom stereocenters. The molecule has 1 aromatic rings. The smallest absolute Gasteiger partial charge is 0.223 e. The Kier molecular flexibility index (Phi) is 7.26. The molecule has 3 rings (SSSR count). The summed E-state index contributed by atoms with van der Waals surface area (Å²) in [4.78, 5) is 14.0. The third-order valence-electron chi connectivity index (χ3n) is 4.71. The maximum atomic E-state index is 12.1. The predicted molar refractivity (Wildman–Crippen MR) is 106 cm³/mol. The molecule has 1 amide bonds. The molecule has 0 spiro atoms. The number of benzene rings is 1. The van der Waals surface area contributed by atoms with E-state index >= 15 is 0 Å². The molecule has 0 saturated carbocycles. The molecule has 1 fully saturated rings. The molecule has 5 nitrogen and oxygen atoms in total. The molecule has 2 aliphatic rings. The van der Waals surface area contributed by atoms with Crippen LogP contribution in [0.25, 0.3) is 0 Å². The Hall–Kier alpha value is -2.06. The van der Waals surface area contributed by atoms with Crippen molar-refractivity contribution in [2.45, 2.75) is 78.0 Å². The summed E-state index contributed by atoms with van der Waals surface area (Å²) >= 11 is 0. The fourth-order valence-electron chi connectivity index (χ4n) is 3.52. The number of fused-ring (bicyclic) bond motifs is 1. The van der Waals surface area contributed by atoms with E-state index in [9.17, 15) is 4.79 Å². The Morgan fingerprint density at radius 3 is 2.67 bits per heavy atom. The maximum Gasteiger partial charge on any atom is 0.223 e. The van der Waals surface area contributed by atoms with Gasteiger partial charge in [-0.2, -0.15) is 5.26 Å². The molecule has 148 valence electrons. The molecule has 0 bridgehead atoms. The molecule has 2 heterocycles. The number of hydrogen-bond acceptors (Lipinski definition) is 4. The van der Waals surface area contributed by atoms with E-state index in [1.54, 1.807) is 6.07 Å². The Labute approximate surface area is 163 Å². The van der Waals surface area contributed by atoms with Gasteiger partial charge in [-0.25, -0.2) is 0 Å². The van der Waals surface area contributed by atoms with Crippen LogP contribution in [-0.4, -0.2) is 35.7 Å². The second-order valence-electron chi connectivity index (χ2n) is 8.06. The fraction of sp³-hybridized carbons (Fsp3) is 0.636. The van der Waals surface area contributed by atoms with E-state index in [-0.39, 0.29) is 17.6 Å². The van der Waals surface area contributed by atoms with Gasteiger partial charge in [-0.05, 0) is 58.7 Å². The number of ether oxygens (including phenoxy) is 2. The number of hydrogen-bond donors (Lipinski definition) is 0. The first-order chi connectivity index (χ1) is 12.8. The molecule has 0 aromatic heterocycles. The minimum atomic E-state index is -0.297. The molecule has 27 heavy (non-hydrogen) atoms. The molecular formula is C22H32N2O3. The van der Waals surface area contributed by atoms with Crippen LogP contribution in [0.2, 0.25) is 0 Å². The van der Waals surface area contributed by atoms with E-state index in [0.29, 0.717) is 18.1 Å². The van der Waals surface area contributed by atoms with Crippen LogP contribution in [0.4, 0.5) is 0 Å². The molecule has 1 unspecified atom stereocenters. The van der Waals surface area contributed by atoms with Gasteiger partial charge in [0.25, 0.3) is 0 Å². The summed E-state index contributed by atoms with van der Waals surface area (Å²) < 4.78 is 11.2. The van der Waals surface area contributed by atoms with Gasteiger partial charge in [0.15, 0.2) is 0 Å². The summed E-state index contributed by atoms with van der Waals surface area (Å²) in [5.74, 6) is 1.01. The molecule has 2 aliphatic heterocycles. The maximum absolute atomic E-state index is 12.1. The van der Waals surface area contributed by atoms with Crippen LogP contribution in [-0.2, 0) is 9.53 Å². The van der Waals surface area contributed by atoms with Crippen LogP contribution >= 0.6 is 0 Å². The Bertz CT molecular complexity index is 691. The first-order valence-corrected chi connectivity index (χ1v) is 9.91. The highest BCUT2D eigenvalue weighted by Gasteiger charge is 2.39. The number of amides is 1. The van der Waals surface area contributed by atoms with Gasteiger partial charge >= 0.3 is 0 Å². The monoisotopic (exact) mass is 372 g/mol. The highest BCUT2D eigenvalue weighted by molar-refractivity contribution is 5.78. The topological polar surface area (TPSA) is 62.6 Å². The quantitative estimate of drug-likeness (QED) is 0.774.